The highest BCUT2D eigenvalue weighted by Crippen LogP contribution is 2.29. The summed E-state index contributed by atoms with van der Waals surface area (Å²) in [6.07, 6.45) is 1.57. The number of carbonyl (C=O) groups is 2. The van der Waals surface area contributed by atoms with Crippen LogP contribution in [0, 0.1) is 5.92 Å². The van der Waals surface area contributed by atoms with Gasteiger partial charge in [0.25, 0.3) is 5.91 Å². The average molecular weight is 473 g/mol. The van der Waals surface area contributed by atoms with Crippen LogP contribution in [0.5, 0.6) is 0 Å². The van der Waals surface area contributed by atoms with Crippen LogP contribution in [0.4, 0.5) is 0 Å². The quantitative estimate of drug-likeness (QED) is 0.611. The van der Waals surface area contributed by atoms with Crippen molar-refractivity contribution >= 4 is 33.5 Å². The first kappa shape index (κ1) is 24.0. The normalized spacial score (nSPS) is 25.3. The van der Waals surface area contributed by atoms with Gasteiger partial charge in [0.15, 0.2) is 6.61 Å². The molecule has 0 bridgehead atoms. The molecule has 1 aromatic rings. The SMILES string of the molecule is CC1CCCN(S(=O)(=O)c2cc(C(=O)OCC(=O)N3CC(C)OC(C)C3)ccc2Cl)C1. The number of nitrogens with zero attached hydrogens (tertiary/aromatic N) is 2. The zero-order valence-electron chi connectivity index (χ0n) is 18.0. The molecule has 3 unspecified atom stereocenters. The molecule has 2 aliphatic rings. The van der Waals surface area contributed by atoms with Crippen LogP contribution in [0.15, 0.2) is 23.1 Å². The summed E-state index contributed by atoms with van der Waals surface area (Å²) in [5.41, 5.74) is 0.0320. The number of sulfonamides is 1. The number of hydrogen-bond donors (Lipinski definition) is 0. The lowest BCUT2D eigenvalue weighted by Gasteiger charge is -2.35. The number of carbonyl (C=O) groups excluding carboxylic acids is 2. The van der Waals surface area contributed by atoms with Crippen molar-refractivity contribution in [3.05, 3.63) is 28.8 Å². The molecule has 2 saturated heterocycles. The van der Waals surface area contributed by atoms with Crippen molar-refractivity contribution in [1.29, 1.82) is 0 Å². The van der Waals surface area contributed by atoms with E-state index in [0.29, 0.717) is 26.2 Å². The molecule has 31 heavy (non-hydrogen) atoms. The van der Waals surface area contributed by atoms with Gasteiger partial charge in [0.1, 0.15) is 4.90 Å². The number of rotatable bonds is 5. The average Bonchev–Trinajstić information content (AvgIpc) is 2.71. The third kappa shape index (κ3) is 5.77. The highest BCUT2D eigenvalue weighted by atomic mass is 35.5. The molecule has 0 radical (unpaired) electrons. The van der Waals surface area contributed by atoms with Crippen LogP contribution in [-0.4, -0.2) is 74.5 Å². The molecule has 1 amide bonds. The molecule has 8 nitrogen and oxygen atoms in total. The molecule has 3 rings (SSSR count). The number of esters is 1. The van der Waals surface area contributed by atoms with E-state index in [-0.39, 0.29) is 39.5 Å². The summed E-state index contributed by atoms with van der Waals surface area (Å²) in [6.45, 7) is 7.02. The van der Waals surface area contributed by atoms with Gasteiger partial charge in [-0.1, -0.05) is 18.5 Å². The van der Waals surface area contributed by atoms with Gasteiger partial charge in [0, 0.05) is 26.2 Å². The van der Waals surface area contributed by atoms with Crippen molar-refractivity contribution in [1.82, 2.24) is 9.21 Å². The largest absolute Gasteiger partial charge is 0.452 e. The molecule has 0 spiro atoms. The summed E-state index contributed by atoms with van der Waals surface area (Å²) in [6, 6.07) is 3.99. The summed E-state index contributed by atoms with van der Waals surface area (Å²) < 4.78 is 38.3. The molecule has 2 fully saturated rings. The molecule has 2 aliphatic heterocycles. The van der Waals surface area contributed by atoms with E-state index in [1.165, 1.54) is 22.5 Å². The second-order valence-corrected chi connectivity index (χ2v) is 10.7. The second-order valence-electron chi connectivity index (χ2n) is 8.39. The molecule has 10 heteroatoms. The molecule has 2 heterocycles. The number of halogens is 1. The smallest absolute Gasteiger partial charge is 0.338 e. The Kier molecular flexibility index (Phi) is 7.62. The lowest BCUT2D eigenvalue weighted by atomic mass is 10.0. The van der Waals surface area contributed by atoms with Crippen LogP contribution < -0.4 is 0 Å². The minimum atomic E-state index is -3.84. The summed E-state index contributed by atoms with van der Waals surface area (Å²) >= 11 is 6.17. The van der Waals surface area contributed by atoms with E-state index in [9.17, 15) is 18.0 Å². The summed E-state index contributed by atoms with van der Waals surface area (Å²) in [5.74, 6) is -0.839. The van der Waals surface area contributed by atoms with Crippen LogP contribution in [-0.2, 0) is 24.3 Å². The molecule has 0 aliphatic carbocycles. The predicted molar refractivity (Wildman–Crippen MR) is 115 cm³/mol. The zero-order chi connectivity index (χ0) is 22.8. The number of piperidine rings is 1. The maximum absolute atomic E-state index is 13.1. The monoisotopic (exact) mass is 472 g/mol. The molecule has 0 aromatic heterocycles. The molecule has 172 valence electrons. The predicted octanol–water partition coefficient (Wildman–Crippen LogP) is 2.55. The van der Waals surface area contributed by atoms with Crippen molar-refractivity contribution in [2.45, 2.75) is 50.7 Å². The topological polar surface area (TPSA) is 93.2 Å². The van der Waals surface area contributed by atoms with E-state index >= 15 is 0 Å². The number of ether oxygens (including phenoxy) is 2. The third-order valence-corrected chi connectivity index (χ3v) is 7.85. The summed E-state index contributed by atoms with van der Waals surface area (Å²) in [7, 11) is -3.84. The van der Waals surface area contributed by atoms with E-state index < -0.39 is 22.6 Å². The number of amides is 1. The first-order chi connectivity index (χ1) is 14.6. The fourth-order valence-electron chi connectivity index (χ4n) is 4.02. The minimum absolute atomic E-state index is 0.0320. The molecular formula is C21H29ClN2O6S. The first-order valence-electron chi connectivity index (χ1n) is 10.5. The number of hydrogen-bond acceptors (Lipinski definition) is 6. The van der Waals surface area contributed by atoms with Crippen molar-refractivity contribution in [3.8, 4) is 0 Å². The number of benzene rings is 1. The van der Waals surface area contributed by atoms with Crippen LogP contribution >= 0.6 is 11.6 Å². The van der Waals surface area contributed by atoms with E-state index in [1.54, 1.807) is 4.90 Å². The van der Waals surface area contributed by atoms with Gasteiger partial charge in [0.05, 0.1) is 22.8 Å². The Bertz CT molecular complexity index is 928. The molecule has 0 saturated carbocycles. The van der Waals surface area contributed by atoms with Crippen molar-refractivity contribution in [2.75, 3.05) is 32.8 Å². The van der Waals surface area contributed by atoms with Crippen LogP contribution in [0.1, 0.15) is 44.0 Å². The number of morpholine rings is 1. The summed E-state index contributed by atoms with van der Waals surface area (Å²) in [4.78, 5) is 26.4. The van der Waals surface area contributed by atoms with Crippen LogP contribution in [0.2, 0.25) is 5.02 Å². The Morgan fingerprint density at radius 1 is 1.16 bits per heavy atom. The first-order valence-corrected chi connectivity index (χ1v) is 12.3. The van der Waals surface area contributed by atoms with Gasteiger partial charge in [-0.05, 0) is 50.8 Å². The fraction of sp³-hybridized carbons (Fsp3) is 0.619. The van der Waals surface area contributed by atoms with E-state index in [2.05, 4.69) is 0 Å². The molecule has 1 aromatic carbocycles. The Morgan fingerprint density at radius 3 is 2.48 bits per heavy atom. The summed E-state index contributed by atoms with van der Waals surface area (Å²) in [5, 5.41) is 0.0437. The highest BCUT2D eigenvalue weighted by Gasteiger charge is 2.31. The Morgan fingerprint density at radius 2 is 1.84 bits per heavy atom. The maximum atomic E-state index is 13.1. The Balaban J connectivity index is 1.69. The van der Waals surface area contributed by atoms with Gasteiger partial charge < -0.3 is 14.4 Å². The lowest BCUT2D eigenvalue weighted by molar-refractivity contribution is -0.146. The van der Waals surface area contributed by atoms with E-state index in [4.69, 9.17) is 21.1 Å². The van der Waals surface area contributed by atoms with Crippen LogP contribution in [0.25, 0.3) is 0 Å². The standard InChI is InChI=1S/C21H29ClN2O6S/c1-14-5-4-8-24(10-14)31(27,28)19-9-17(6-7-18(19)22)21(26)29-13-20(25)23-11-15(2)30-16(3)12-23/h6-7,9,14-16H,4-5,8,10-13H2,1-3H3. The van der Waals surface area contributed by atoms with Gasteiger partial charge in [-0.3, -0.25) is 4.79 Å². The highest BCUT2D eigenvalue weighted by molar-refractivity contribution is 7.89. The maximum Gasteiger partial charge on any atom is 0.338 e. The Labute approximate surface area is 188 Å². The molecular weight excluding hydrogens is 444 g/mol. The van der Waals surface area contributed by atoms with Crippen molar-refractivity contribution in [3.63, 3.8) is 0 Å². The van der Waals surface area contributed by atoms with Crippen molar-refractivity contribution in [2.24, 2.45) is 5.92 Å². The fourth-order valence-corrected chi connectivity index (χ4v) is 6.11. The van der Waals surface area contributed by atoms with Gasteiger partial charge in [-0.2, -0.15) is 4.31 Å². The third-order valence-electron chi connectivity index (χ3n) is 5.50. The van der Waals surface area contributed by atoms with E-state index in [0.717, 1.165) is 12.8 Å². The molecule has 0 N–H and O–H groups in total. The second kappa shape index (κ2) is 9.85. The zero-order valence-corrected chi connectivity index (χ0v) is 19.6. The van der Waals surface area contributed by atoms with Crippen LogP contribution in [0.3, 0.4) is 0 Å². The lowest BCUT2D eigenvalue weighted by Crippen LogP contribution is -2.49. The van der Waals surface area contributed by atoms with Gasteiger partial charge >= 0.3 is 5.97 Å². The molecule has 3 atom stereocenters. The van der Waals surface area contributed by atoms with Gasteiger partial charge in [0.2, 0.25) is 10.0 Å². The van der Waals surface area contributed by atoms with Gasteiger partial charge in [-0.25, -0.2) is 13.2 Å². The Hall–Kier alpha value is -1.68. The van der Waals surface area contributed by atoms with Crippen molar-refractivity contribution < 1.29 is 27.5 Å². The van der Waals surface area contributed by atoms with Gasteiger partial charge in [-0.15, -0.1) is 0 Å². The van der Waals surface area contributed by atoms with E-state index in [1.807, 2.05) is 20.8 Å². The minimum Gasteiger partial charge on any atom is -0.452 e.